The van der Waals surface area contributed by atoms with Crippen LogP contribution in [0.4, 0.5) is 0 Å². The molecule has 0 aliphatic heterocycles. The number of rotatable bonds is 7. The van der Waals surface area contributed by atoms with Crippen molar-refractivity contribution in [2.45, 2.75) is 32.2 Å². The van der Waals surface area contributed by atoms with E-state index in [2.05, 4.69) is 15.5 Å². The number of amides is 1. The number of nitrogens with zero attached hydrogens (tertiary/aromatic N) is 2. The summed E-state index contributed by atoms with van der Waals surface area (Å²) in [6, 6.07) is 3.42. The van der Waals surface area contributed by atoms with E-state index in [1.54, 1.807) is 12.1 Å². The zero-order valence-corrected chi connectivity index (χ0v) is 11.2. The minimum Gasteiger partial charge on any atom is -0.461 e. The summed E-state index contributed by atoms with van der Waals surface area (Å²) in [5.41, 5.74) is 0. The molecule has 0 saturated heterocycles. The molecule has 2 heterocycles. The molecule has 0 spiro atoms. The second-order valence-corrected chi connectivity index (χ2v) is 4.47. The maximum Gasteiger partial charge on any atom is 0.238 e. The molecule has 7 heteroatoms. The fourth-order valence-corrected chi connectivity index (χ4v) is 1.70. The third kappa shape index (κ3) is 3.92. The van der Waals surface area contributed by atoms with Crippen LogP contribution in [0, 0.1) is 0 Å². The van der Waals surface area contributed by atoms with E-state index in [4.69, 9.17) is 14.0 Å². The van der Waals surface area contributed by atoms with E-state index >= 15 is 0 Å². The van der Waals surface area contributed by atoms with Crippen LogP contribution in [-0.2, 0) is 11.2 Å². The molecule has 0 bridgehead atoms. The third-order valence-corrected chi connectivity index (χ3v) is 2.75. The first-order valence-electron chi connectivity index (χ1n) is 6.45. The van der Waals surface area contributed by atoms with Crippen molar-refractivity contribution in [1.29, 1.82) is 0 Å². The zero-order valence-electron chi connectivity index (χ0n) is 11.2. The molecule has 1 amide bonds. The van der Waals surface area contributed by atoms with Crippen molar-refractivity contribution in [2.75, 3.05) is 6.61 Å². The van der Waals surface area contributed by atoms with Crippen LogP contribution in [0.3, 0.4) is 0 Å². The van der Waals surface area contributed by atoms with Crippen molar-refractivity contribution in [3.05, 3.63) is 24.3 Å². The van der Waals surface area contributed by atoms with E-state index in [9.17, 15) is 4.79 Å². The number of nitrogens with one attached hydrogen (secondary N) is 1. The molecule has 1 unspecified atom stereocenters. The average Bonchev–Trinajstić information content (AvgIpc) is 3.07. The number of carbonyl (C=O) groups excluding carboxylic acids is 1. The van der Waals surface area contributed by atoms with Gasteiger partial charge < -0.3 is 19.4 Å². The van der Waals surface area contributed by atoms with Gasteiger partial charge in [-0.3, -0.25) is 4.79 Å². The maximum atomic E-state index is 11.6. The summed E-state index contributed by atoms with van der Waals surface area (Å²) >= 11 is 0. The lowest BCUT2D eigenvalue weighted by atomic mass is 10.2. The predicted molar refractivity (Wildman–Crippen MR) is 69.6 cm³/mol. The SMILES string of the molecule is CC(CCO)NC(=O)CCc1nc(-c2ccco2)no1. The van der Waals surface area contributed by atoms with Crippen molar-refractivity contribution < 1.29 is 18.8 Å². The Morgan fingerprint density at radius 1 is 1.55 bits per heavy atom. The van der Waals surface area contributed by atoms with Crippen LogP contribution in [-0.4, -0.2) is 33.8 Å². The lowest BCUT2D eigenvalue weighted by molar-refractivity contribution is -0.121. The first-order valence-corrected chi connectivity index (χ1v) is 6.45. The molecule has 1 atom stereocenters. The number of aliphatic hydroxyl groups is 1. The summed E-state index contributed by atoms with van der Waals surface area (Å²) in [7, 11) is 0. The van der Waals surface area contributed by atoms with Gasteiger partial charge in [-0.1, -0.05) is 5.16 Å². The molecule has 2 aromatic rings. The average molecular weight is 279 g/mol. The Hall–Kier alpha value is -2.15. The molecule has 0 aromatic carbocycles. The summed E-state index contributed by atoms with van der Waals surface area (Å²) < 4.78 is 10.2. The molecule has 0 fully saturated rings. The number of carbonyl (C=O) groups is 1. The third-order valence-electron chi connectivity index (χ3n) is 2.75. The Morgan fingerprint density at radius 2 is 2.40 bits per heavy atom. The number of aryl methyl sites for hydroxylation is 1. The zero-order chi connectivity index (χ0) is 14.4. The molecule has 0 aliphatic rings. The Labute approximate surface area is 116 Å². The Morgan fingerprint density at radius 3 is 3.10 bits per heavy atom. The van der Waals surface area contributed by atoms with Crippen molar-refractivity contribution in [1.82, 2.24) is 15.5 Å². The number of hydrogen-bond donors (Lipinski definition) is 2. The van der Waals surface area contributed by atoms with Gasteiger partial charge in [0.05, 0.1) is 6.26 Å². The van der Waals surface area contributed by atoms with Crippen LogP contribution in [0.5, 0.6) is 0 Å². The molecule has 20 heavy (non-hydrogen) atoms. The van der Waals surface area contributed by atoms with Gasteiger partial charge in [-0.05, 0) is 25.5 Å². The van der Waals surface area contributed by atoms with E-state index in [1.807, 2.05) is 6.92 Å². The van der Waals surface area contributed by atoms with Crippen LogP contribution < -0.4 is 5.32 Å². The minimum atomic E-state index is -0.108. The van der Waals surface area contributed by atoms with Crippen molar-refractivity contribution in [3.63, 3.8) is 0 Å². The first-order chi connectivity index (χ1) is 9.69. The summed E-state index contributed by atoms with van der Waals surface area (Å²) in [6.07, 6.45) is 2.69. The topological polar surface area (TPSA) is 101 Å². The van der Waals surface area contributed by atoms with Gasteiger partial charge >= 0.3 is 0 Å². The molecule has 0 aliphatic carbocycles. The highest BCUT2D eigenvalue weighted by Gasteiger charge is 2.13. The molecule has 0 radical (unpaired) electrons. The molecular weight excluding hydrogens is 262 g/mol. The van der Waals surface area contributed by atoms with Crippen molar-refractivity contribution in [2.24, 2.45) is 0 Å². The first kappa shape index (κ1) is 14.3. The number of aromatic nitrogens is 2. The Balaban J connectivity index is 1.81. The predicted octanol–water partition coefficient (Wildman–Crippen LogP) is 1.15. The highest BCUT2D eigenvalue weighted by molar-refractivity contribution is 5.76. The second kappa shape index (κ2) is 6.85. The largest absolute Gasteiger partial charge is 0.461 e. The summed E-state index contributed by atoms with van der Waals surface area (Å²) in [5, 5.41) is 15.3. The van der Waals surface area contributed by atoms with E-state index in [0.29, 0.717) is 30.3 Å². The van der Waals surface area contributed by atoms with Gasteiger partial charge in [0.15, 0.2) is 5.76 Å². The van der Waals surface area contributed by atoms with E-state index in [-0.39, 0.29) is 25.0 Å². The van der Waals surface area contributed by atoms with Crippen LogP contribution in [0.25, 0.3) is 11.6 Å². The van der Waals surface area contributed by atoms with E-state index in [1.165, 1.54) is 6.26 Å². The monoisotopic (exact) mass is 279 g/mol. The van der Waals surface area contributed by atoms with Gasteiger partial charge in [-0.15, -0.1) is 0 Å². The van der Waals surface area contributed by atoms with Crippen LogP contribution >= 0.6 is 0 Å². The normalized spacial score (nSPS) is 12.3. The number of hydrogen-bond acceptors (Lipinski definition) is 6. The van der Waals surface area contributed by atoms with Gasteiger partial charge in [0, 0.05) is 25.5 Å². The van der Waals surface area contributed by atoms with Crippen LogP contribution in [0.15, 0.2) is 27.3 Å². The quantitative estimate of drug-likeness (QED) is 0.788. The maximum absolute atomic E-state index is 11.6. The molecule has 2 aromatic heterocycles. The molecular formula is C13H17N3O4. The molecule has 7 nitrogen and oxygen atoms in total. The molecule has 0 saturated carbocycles. The summed E-state index contributed by atoms with van der Waals surface area (Å²) in [6.45, 7) is 1.90. The van der Waals surface area contributed by atoms with Crippen LogP contribution in [0.1, 0.15) is 25.7 Å². The minimum absolute atomic E-state index is 0.0473. The molecule has 2 N–H and O–H groups in total. The lowest BCUT2D eigenvalue weighted by Gasteiger charge is -2.11. The molecule has 108 valence electrons. The molecule has 2 rings (SSSR count). The van der Waals surface area contributed by atoms with Crippen molar-refractivity contribution in [3.8, 4) is 11.6 Å². The fourth-order valence-electron chi connectivity index (χ4n) is 1.70. The van der Waals surface area contributed by atoms with E-state index < -0.39 is 0 Å². The lowest BCUT2D eigenvalue weighted by Crippen LogP contribution is -2.33. The Kier molecular flexibility index (Phi) is 4.89. The Bertz CT molecular complexity index is 536. The fraction of sp³-hybridized carbons (Fsp3) is 0.462. The summed E-state index contributed by atoms with van der Waals surface area (Å²) in [4.78, 5) is 15.8. The number of aliphatic hydroxyl groups excluding tert-OH is 1. The smallest absolute Gasteiger partial charge is 0.238 e. The van der Waals surface area contributed by atoms with Crippen molar-refractivity contribution >= 4 is 5.91 Å². The standard InChI is InChI=1S/C13H17N3O4/c1-9(6-7-17)14-11(18)4-5-12-15-13(16-20-12)10-3-2-8-19-10/h2-3,8-9,17H,4-7H2,1H3,(H,14,18). The van der Waals surface area contributed by atoms with E-state index in [0.717, 1.165) is 0 Å². The second-order valence-electron chi connectivity index (χ2n) is 4.47. The van der Waals surface area contributed by atoms with Crippen LogP contribution in [0.2, 0.25) is 0 Å². The van der Waals surface area contributed by atoms with Gasteiger partial charge in [0.1, 0.15) is 0 Å². The van der Waals surface area contributed by atoms with Gasteiger partial charge in [0.25, 0.3) is 0 Å². The summed E-state index contributed by atoms with van der Waals surface area (Å²) in [5.74, 6) is 1.19. The highest BCUT2D eigenvalue weighted by atomic mass is 16.5. The van der Waals surface area contributed by atoms with Gasteiger partial charge in [-0.2, -0.15) is 4.98 Å². The van der Waals surface area contributed by atoms with Gasteiger partial charge in [-0.25, -0.2) is 0 Å². The highest BCUT2D eigenvalue weighted by Crippen LogP contribution is 2.16. The number of furan rings is 1. The van der Waals surface area contributed by atoms with Gasteiger partial charge in [0.2, 0.25) is 17.6 Å².